The maximum absolute atomic E-state index is 5.51. The molecular formula is C6H4ClPt-. The van der Waals surface area contributed by atoms with Crippen molar-refractivity contribution in [3.8, 4) is 0 Å². The molecule has 46 valence electrons. The van der Waals surface area contributed by atoms with E-state index < -0.39 is 0 Å². The van der Waals surface area contributed by atoms with E-state index in [1.807, 2.05) is 18.2 Å². The van der Waals surface area contributed by atoms with Gasteiger partial charge in [0.1, 0.15) is 0 Å². The zero-order valence-electron chi connectivity index (χ0n) is 4.00. The van der Waals surface area contributed by atoms with Crippen LogP contribution in [0.2, 0.25) is 5.02 Å². The standard InChI is InChI=1S/C6H4Cl.Pt/c7-6-4-2-1-3-5-6;/h1-2,4-5H;/q-1;. The number of benzene rings is 1. The van der Waals surface area contributed by atoms with Gasteiger partial charge in [-0.25, -0.2) is 0 Å². The van der Waals surface area contributed by atoms with Crippen molar-refractivity contribution in [1.29, 1.82) is 0 Å². The van der Waals surface area contributed by atoms with Gasteiger partial charge in [0.2, 0.25) is 0 Å². The summed E-state index contributed by atoms with van der Waals surface area (Å²) in [6.07, 6.45) is 0. The van der Waals surface area contributed by atoms with Gasteiger partial charge in [-0.3, -0.25) is 0 Å². The van der Waals surface area contributed by atoms with Crippen molar-refractivity contribution < 1.29 is 21.1 Å². The molecule has 0 saturated carbocycles. The summed E-state index contributed by atoms with van der Waals surface area (Å²) in [6, 6.07) is 10.0. The Morgan fingerprint density at radius 1 is 1.50 bits per heavy atom. The average Bonchev–Trinajstić information content (AvgIpc) is 1.69. The molecule has 0 saturated heterocycles. The second-order valence-corrected chi connectivity index (χ2v) is 1.66. The minimum absolute atomic E-state index is 0. The Labute approximate surface area is 68.1 Å². The van der Waals surface area contributed by atoms with Crippen LogP contribution in [-0.4, -0.2) is 0 Å². The fraction of sp³-hybridized carbons (Fsp3) is 0. The van der Waals surface area contributed by atoms with Crippen molar-refractivity contribution in [3.63, 3.8) is 0 Å². The van der Waals surface area contributed by atoms with E-state index in [2.05, 4.69) is 6.07 Å². The van der Waals surface area contributed by atoms with Crippen LogP contribution >= 0.6 is 11.6 Å². The first kappa shape index (κ1) is 8.20. The molecule has 0 fully saturated rings. The molecule has 1 aromatic rings. The van der Waals surface area contributed by atoms with Crippen molar-refractivity contribution in [1.82, 2.24) is 0 Å². The Bertz CT molecular complexity index is 138. The Balaban J connectivity index is 0.000000490. The molecule has 0 unspecified atom stereocenters. The zero-order valence-corrected chi connectivity index (χ0v) is 7.03. The predicted molar refractivity (Wildman–Crippen MR) is 30.3 cm³/mol. The summed E-state index contributed by atoms with van der Waals surface area (Å²) in [7, 11) is 0. The van der Waals surface area contributed by atoms with E-state index in [1.165, 1.54) is 0 Å². The second-order valence-electron chi connectivity index (χ2n) is 1.22. The molecule has 8 heavy (non-hydrogen) atoms. The number of hydrogen-bond donors (Lipinski definition) is 0. The van der Waals surface area contributed by atoms with Crippen LogP contribution in [0.3, 0.4) is 0 Å². The molecule has 0 aliphatic carbocycles. The second kappa shape index (κ2) is 4.11. The van der Waals surface area contributed by atoms with Gasteiger partial charge in [-0.1, -0.05) is 5.02 Å². The third kappa shape index (κ3) is 2.49. The zero-order chi connectivity index (χ0) is 5.11. The molecule has 0 atom stereocenters. The van der Waals surface area contributed by atoms with Crippen LogP contribution < -0.4 is 0 Å². The van der Waals surface area contributed by atoms with Crippen LogP contribution in [0.5, 0.6) is 0 Å². The fourth-order valence-electron chi connectivity index (χ4n) is 0.371. The van der Waals surface area contributed by atoms with E-state index in [0.29, 0.717) is 0 Å². The van der Waals surface area contributed by atoms with E-state index in [1.54, 1.807) is 6.07 Å². The summed E-state index contributed by atoms with van der Waals surface area (Å²) in [5.74, 6) is 0. The molecule has 0 bridgehead atoms. The fourth-order valence-corrected chi connectivity index (χ4v) is 0.507. The predicted octanol–water partition coefficient (Wildman–Crippen LogP) is 2.14. The van der Waals surface area contributed by atoms with Crippen LogP contribution in [0.4, 0.5) is 0 Å². The van der Waals surface area contributed by atoms with Crippen molar-refractivity contribution in [3.05, 3.63) is 35.4 Å². The molecule has 1 aromatic carbocycles. The normalized spacial score (nSPS) is 7.62. The van der Waals surface area contributed by atoms with Crippen molar-refractivity contribution in [2.45, 2.75) is 0 Å². The number of hydrogen-bond acceptors (Lipinski definition) is 0. The van der Waals surface area contributed by atoms with E-state index in [0.717, 1.165) is 5.02 Å². The Morgan fingerprint density at radius 3 is 2.50 bits per heavy atom. The Hall–Kier alpha value is 0.198. The van der Waals surface area contributed by atoms with Gasteiger partial charge < -0.3 is 0 Å². The summed E-state index contributed by atoms with van der Waals surface area (Å²) < 4.78 is 0. The largest absolute Gasteiger partial charge is 0.182 e. The first-order valence-electron chi connectivity index (χ1n) is 2.01. The van der Waals surface area contributed by atoms with Crippen LogP contribution in [0, 0.1) is 6.07 Å². The molecule has 0 aromatic heterocycles. The maximum atomic E-state index is 5.51. The summed E-state index contributed by atoms with van der Waals surface area (Å²) in [5.41, 5.74) is 0. The summed E-state index contributed by atoms with van der Waals surface area (Å²) in [5, 5.41) is 0.738. The molecule has 0 spiro atoms. The van der Waals surface area contributed by atoms with Gasteiger partial charge in [0, 0.05) is 21.1 Å². The molecular weight excluding hydrogens is 303 g/mol. The third-order valence-electron chi connectivity index (χ3n) is 0.669. The monoisotopic (exact) mass is 306 g/mol. The Kier molecular flexibility index (Phi) is 4.22. The molecule has 0 heterocycles. The van der Waals surface area contributed by atoms with Gasteiger partial charge in [-0.2, -0.15) is 41.9 Å². The molecule has 0 amide bonds. The van der Waals surface area contributed by atoms with Crippen LogP contribution in [0.1, 0.15) is 0 Å². The molecule has 0 radical (unpaired) electrons. The van der Waals surface area contributed by atoms with E-state index in [4.69, 9.17) is 11.6 Å². The summed E-state index contributed by atoms with van der Waals surface area (Å²) >= 11 is 5.51. The van der Waals surface area contributed by atoms with E-state index in [-0.39, 0.29) is 21.1 Å². The maximum Gasteiger partial charge on any atom is 0 e. The minimum Gasteiger partial charge on any atom is -0.182 e. The van der Waals surface area contributed by atoms with Gasteiger partial charge in [-0.05, 0) is 0 Å². The van der Waals surface area contributed by atoms with Gasteiger partial charge in [0.05, 0.1) is 0 Å². The molecule has 2 heteroatoms. The first-order valence-corrected chi connectivity index (χ1v) is 2.39. The van der Waals surface area contributed by atoms with Gasteiger partial charge >= 0.3 is 0 Å². The third-order valence-corrected chi connectivity index (χ3v) is 0.904. The topological polar surface area (TPSA) is 0 Å². The van der Waals surface area contributed by atoms with Crippen molar-refractivity contribution >= 4 is 11.6 Å². The van der Waals surface area contributed by atoms with Crippen molar-refractivity contribution in [2.24, 2.45) is 0 Å². The summed E-state index contributed by atoms with van der Waals surface area (Å²) in [6.45, 7) is 0. The number of halogens is 1. The van der Waals surface area contributed by atoms with E-state index in [9.17, 15) is 0 Å². The van der Waals surface area contributed by atoms with Crippen LogP contribution in [0.25, 0.3) is 0 Å². The van der Waals surface area contributed by atoms with Gasteiger partial charge in [0.25, 0.3) is 0 Å². The van der Waals surface area contributed by atoms with Gasteiger partial charge in [0.15, 0.2) is 0 Å². The van der Waals surface area contributed by atoms with Crippen molar-refractivity contribution in [2.75, 3.05) is 0 Å². The first-order chi connectivity index (χ1) is 3.39. The quantitative estimate of drug-likeness (QED) is 0.644. The molecule has 0 aliphatic heterocycles. The van der Waals surface area contributed by atoms with Crippen LogP contribution in [-0.2, 0) is 21.1 Å². The number of rotatable bonds is 0. The Morgan fingerprint density at radius 2 is 2.25 bits per heavy atom. The smallest absolute Gasteiger partial charge is 0 e. The summed E-state index contributed by atoms with van der Waals surface area (Å²) in [4.78, 5) is 0. The molecule has 0 N–H and O–H groups in total. The molecule has 0 nitrogen and oxygen atoms in total. The molecule has 0 aliphatic rings. The van der Waals surface area contributed by atoms with Gasteiger partial charge in [-0.15, -0.1) is 0 Å². The van der Waals surface area contributed by atoms with E-state index >= 15 is 0 Å². The SMILES string of the molecule is Clc1c[c-]ccc1.[Pt]. The van der Waals surface area contributed by atoms with Crippen LogP contribution in [0.15, 0.2) is 24.3 Å². The molecule has 1 rings (SSSR count). The minimum atomic E-state index is 0. The average molecular weight is 307 g/mol.